The van der Waals surface area contributed by atoms with E-state index in [-0.39, 0.29) is 19.4 Å². The van der Waals surface area contributed by atoms with Gasteiger partial charge in [-0.2, -0.15) is 0 Å². The molecular weight excluding hydrogens is 603 g/mol. The van der Waals surface area contributed by atoms with Crippen LogP contribution >= 0.6 is 7.82 Å². The van der Waals surface area contributed by atoms with Gasteiger partial charge in [0.25, 0.3) is 0 Å². The van der Waals surface area contributed by atoms with Crippen molar-refractivity contribution in [2.24, 2.45) is 5.92 Å². The zero-order valence-electron chi connectivity index (χ0n) is 30.2. The number of rotatable bonds is 35. The van der Waals surface area contributed by atoms with Crippen LogP contribution in [0.25, 0.3) is 0 Å². The molecule has 0 aliphatic heterocycles. The summed E-state index contributed by atoms with van der Waals surface area (Å²) in [7, 11) is -4.74. The zero-order chi connectivity index (χ0) is 34.1. The molecule has 0 aromatic carbocycles. The quantitative estimate of drug-likeness (QED) is 0.0387. The fraction of sp³-hybridized carbons (Fsp3) is 0.946. The Balaban J connectivity index is 3.87. The molecule has 0 heterocycles. The first-order chi connectivity index (χ1) is 22.2. The topological polar surface area (TPSA) is 119 Å². The SMILES string of the molecule is CCCCCCCCCCCCCCCCCCCCC(=O)OC[C@H](COP(=O)(O)O)OC(=O)CCCCCCCCC(C)CC. The Morgan fingerprint density at radius 3 is 1.37 bits per heavy atom. The van der Waals surface area contributed by atoms with Crippen molar-refractivity contribution in [1.82, 2.24) is 0 Å². The van der Waals surface area contributed by atoms with Crippen LogP contribution < -0.4 is 0 Å². The van der Waals surface area contributed by atoms with E-state index in [2.05, 4.69) is 25.3 Å². The van der Waals surface area contributed by atoms with Crippen LogP contribution in [-0.4, -0.2) is 41.0 Å². The molecule has 274 valence electrons. The number of carbonyl (C=O) groups is 2. The third kappa shape index (κ3) is 34.4. The zero-order valence-corrected chi connectivity index (χ0v) is 31.1. The Morgan fingerprint density at radius 2 is 0.957 bits per heavy atom. The van der Waals surface area contributed by atoms with Crippen molar-refractivity contribution < 1.29 is 37.9 Å². The van der Waals surface area contributed by atoms with E-state index >= 15 is 0 Å². The highest BCUT2D eigenvalue weighted by atomic mass is 31.2. The third-order valence-electron chi connectivity index (χ3n) is 8.92. The summed E-state index contributed by atoms with van der Waals surface area (Å²) < 4.78 is 26.3. The van der Waals surface area contributed by atoms with E-state index in [1.54, 1.807) is 0 Å². The molecule has 0 aliphatic carbocycles. The van der Waals surface area contributed by atoms with Gasteiger partial charge in [0.15, 0.2) is 6.10 Å². The second kappa shape index (κ2) is 32.6. The fourth-order valence-corrected chi connectivity index (χ4v) is 6.00. The second-order valence-corrected chi connectivity index (χ2v) is 14.8. The van der Waals surface area contributed by atoms with Crippen molar-refractivity contribution in [3.05, 3.63) is 0 Å². The summed E-state index contributed by atoms with van der Waals surface area (Å²) in [6, 6.07) is 0. The van der Waals surface area contributed by atoms with Gasteiger partial charge in [-0.1, -0.05) is 175 Å². The fourth-order valence-electron chi connectivity index (χ4n) is 5.64. The normalized spacial score (nSPS) is 13.1. The smallest absolute Gasteiger partial charge is 0.462 e. The lowest BCUT2D eigenvalue weighted by Gasteiger charge is -2.18. The van der Waals surface area contributed by atoms with E-state index in [9.17, 15) is 14.2 Å². The van der Waals surface area contributed by atoms with Gasteiger partial charge in [0.05, 0.1) is 6.61 Å². The summed E-state index contributed by atoms with van der Waals surface area (Å²) in [4.78, 5) is 42.6. The van der Waals surface area contributed by atoms with Gasteiger partial charge in [-0.05, 0) is 18.8 Å². The van der Waals surface area contributed by atoms with Gasteiger partial charge in [0, 0.05) is 12.8 Å². The molecule has 46 heavy (non-hydrogen) atoms. The first-order valence-corrected chi connectivity index (χ1v) is 20.8. The van der Waals surface area contributed by atoms with Gasteiger partial charge in [0.2, 0.25) is 0 Å². The molecule has 8 nitrogen and oxygen atoms in total. The monoisotopic (exact) mass is 677 g/mol. The molecule has 0 radical (unpaired) electrons. The number of hydrogen-bond acceptors (Lipinski definition) is 6. The lowest BCUT2D eigenvalue weighted by Crippen LogP contribution is -2.29. The molecule has 0 saturated heterocycles. The van der Waals surface area contributed by atoms with E-state index in [1.165, 1.54) is 122 Å². The Bertz CT molecular complexity index is 741. The van der Waals surface area contributed by atoms with Crippen LogP contribution in [0.4, 0.5) is 0 Å². The molecule has 2 atom stereocenters. The molecule has 1 unspecified atom stereocenters. The number of esters is 2. The van der Waals surface area contributed by atoms with Gasteiger partial charge in [-0.25, -0.2) is 4.57 Å². The molecule has 0 bridgehead atoms. The number of hydrogen-bond donors (Lipinski definition) is 2. The average Bonchev–Trinajstić information content (AvgIpc) is 3.02. The maximum absolute atomic E-state index is 12.3. The Labute approximate surface area is 283 Å². The minimum Gasteiger partial charge on any atom is -0.462 e. The van der Waals surface area contributed by atoms with Crippen LogP contribution in [0.1, 0.15) is 201 Å². The van der Waals surface area contributed by atoms with Gasteiger partial charge >= 0.3 is 19.8 Å². The standard InChI is InChI=1S/C37H73O8P/c1-4-6-7-8-9-10-11-12-13-14-15-16-17-18-19-20-24-27-30-36(38)43-32-35(33-44-46(40,41)42)45-37(39)31-28-25-22-21-23-26-29-34(3)5-2/h34-35H,4-33H2,1-3H3,(H2,40,41,42)/t34?,35-/m1/s1. The molecule has 9 heteroatoms. The Morgan fingerprint density at radius 1 is 0.565 bits per heavy atom. The highest BCUT2D eigenvalue weighted by Crippen LogP contribution is 2.36. The van der Waals surface area contributed by atoms with Crippen LogP contribution in [0.2, 0.25) is 0 Å². The minimum atomic E-state index is -4.74. The van der Waals surface area contributed by atoms with E-state index in [4.69, 9.17) is 19.3 Å². The van der Waals surface area contributed by atoms with Crippen molar-refractivity contribution in [3.63, 3.8) is 0 Å². The van der Waals surface area contributed by atoms with Gasteiger partial charge in [-0.15, -0.1) is 0 Å². The first kappa shape index (κ1) is 45.0. The Kier molecular flexibility index (Phi) is 31.9. The minimum absolute atomic E-state index is 0.215. The molecule has 0 amide bonds. The molecular formula is C37H73O8P. The number of carbonyl (C=O) groups excluding carboxylic acids is 2. The predicted octanol–water partition coefficient (Wildman–Crippen LogP) is 11.1. The molecule has 0 saturated carbocycles. The number of phosphoric ester groups is 1. The maximum Gasteiger partial charge on any atom is 0.469 e. The molecule has 0 aromatic heterocycles. The molecule has 0 spiro atoms. The van der Waals surface area contributed by atoms with Gasteiger partial charge < -0.3 is 19.3 Å². The van der Waals surface area contributed by atoms with E-state index in [0.717, 1.165) is 44.4 Å². The van der Waals surface area contributed by atoms with Crippen molar-refractivity contribution in [1.29, 1.82) is 0 Å². The van der Waals surface area contributed by atoms with E-state index < -0.39 is 32.5 Å². The van der Waals surface area contributed by atoms with Crippen molar-refractivity contribution in [3.8, 4) is 0 Å². The second-order valence-electron chi connectivity index (χ2n) is 13.5. The molecule has 2 N–H and O–H groups in total. The summed E-state index contributed by atoms with van der Waals surface area (Å²) in [5, 5.41) is 0. The van der Waals surface area contributed by atoms with Gasteiger partial charge in [-0.3, -0.25) is 14.1 Å². The molecule has 0 rings (SSSR count). The number of phosphoric acid groups is 1. The van der Waals surface area contributed by atoms with Gasteiger partial charge in [0.1, 0.15) is 6.61 Å². The first-order valence-electron chi connectivity index (χ1n) is 19.2. The molecule has 0 fully saturated rings. The average molecular weight is 677 g/mol. The van der Waals surface area contributed by atoms with Crippen LogP contribution in [0.15, 0.2) is 0 Å². The summed E-state index contributed by atoms with van der Waals surface area (Å²) in [6.45, 7) is 5.97. The summed E-state index contributed by atoms with van der Waals surface area (Å²) in [5.74, 6) is -0.0947. The van der Waals surface area contributed by atoms with E-state index in [0.29, 0.717) is 6.42 Å². The van der Waals surface area contributed by atoms with Crippen LogP contribution in [0.5, 0.6) is 0 Å². The molecule has 0 aliphatic rings. The summed E-state index contributed by atoms with van der Waals surface area (Å²) in [5.41, 5.74) is 0. The Hall–Kier alpha value is -0.950. The third-order valence-corrected chi connectivity index (χ3v) is 9.40. The van der Waals surface area contributed by atoms with Crippen LogP contribution in [-0.2, 0) is 28.2 Å². The van der Waals surface area contributed by atoms with Crippen LogP contribution in [0.3, 0.4) is 0 Å². The lowest BCUT2D eigenvalue weighted by atomic mass is 10.00. The number of ether oxygens (including phenoxy) is 2. The van der Waals surface area contributed by atoms with Crippen molar-refractivity contribution in [2.75, 3.05) is 13.2 Å². The largest absolute Gasteiger partial charge is 0.469 e. The lowest BCUT2D eigenvalue weighted by molar-refractivity contribution is -0.161. The summed E-state index contributed by atoms with van der Waals surface area (Å²) in [6.07, 6.45) is 31.3. The molecule has 0 aromatic rings. The van der Waals surface area contributed by atoms with Crippen LogP contribution in [0, 0.1) is 5.92 Å². The number of unbranched alkanes of at least 4 members (excludes halogenated alkanes) is 22. The summed E-state index contributed by atoms with van der Waals surface area (Å²) >= 11 is 0. The highest BCUT2D eigenvalue weighted by molar-refractivity contribution is 7.46. The maximum atomic E-state index is 12.3. The highest BCUT2D eigenvalue weighted by Gasteiger charge is 2.22. The van der Waals surface area contributed by atoms with Crippen molar-refractivity contribution >= 4 is 19.8 Å². The van der Waals surface area contributed by atoms with Crippen molar-refractivity contribution in [2.45, 2.75) is 207 Å². The predicted molar refractivity (Wildman–Crippen MR) is 189 cm³/mol. The van der Waals surface area contributed by atoms with E-state index in [1.807, 2.05) is 0 Å².